The zero-order chi connectivity index (χ0) is 23.6. The molecule has 0 atom stereocenters. The van der Waals surface area contributed by atoms with Gasteiger partial charge in [0.05, 0.1) is 24.8 Å². The van der Waals surface area contributed by atoms with Crippen LogP contribution >= 0.6 is 0 Å². The molecule has 1 amide bonds. The number of rotatable bonds is 7. The first-order valence-electron chi connectivity index (χ1n) is 10.6. The Kier molecular flexibility index (Phi) is 6.29. The van der Waals surface area contributed by atoms with Crippen LogP contribution in [0.5, 0.6) is 11.5 Å². The molecule has 0 saturated carbocycles. The van der Waals surface area contributed by atoms with Crippen molar-refractivity contribution in [1.29, 1.82) is 0 Å². The molecule has 0 spiro atoms. The number of nitrogens with one attached hydrogen (secondary N) is 1. The Morgan fingerprint density at radius 2 is 1.70 bits per heavy atom. The first-order valence-corrected chi connectivity index (χ1v) is 12.0. The largest absolute Gasteiger partial charge is 0.493 e. The fourth-order valence-electron chi connectivity index (χ4n) is 3.98. The Labute approximate surface area is 194 Å². The van der Waals surface area contributed by atoms with Crippen LogP contribution in [0.1, 0.15) is 11.1 Å². The maximum Gasteiger partial charge on any atom is 0.265 e. The summed E-state index contributed by atoms with van der Waals surface area (Å²) in [6, 6.07) is 18.0. The smallest absolute Gasteiger partial charge is 0.265 e. The lowest BCUT2D eigenvalue weighted by Crippen LogP contribution is -2.43. The molecule has 0 saturated heterocycles. The number of aryl methyl sites for hydroxylation is 1. The molecule has 172 valence electrons. The van der Waals surface area contributed by atoms with Gasteiger partial charge in [0, 0.05) is 17.7 Å². The fraction of sp³-hybridized carbons (Fsp3) is 0.240. The quantitative estimate of drug-likeness (QED) is 0.576. The van der Waals surface area contributed by atoms with E-state index in [2.05, 4.69) is 5.32 Å². The summed E-state index contributed by atoms with van der Waals surface area (Å²) in [6.45, 7) is 2.02. The van der Waals surface area contributed by atoms with E-state index in [0.29, 0.717) is 35.7 Å². The second kappa shape index (κ2) is 9.15. The number of fused-ring (bicyclic) bond motifs is 3. The summed E-state index contributed by atoms with van der Waals surface area (Å²) in [5.74, 6) is 0.881. The molecule has 0 aliphatic carbocycles. The first kappa shape index (κ1) is 22.7. The average molecular weight is 467 g/mol. The van der Waals surface area contributed by atoms with Crippen molar-refractivity contribution in [2.45, 2.75) is 18.2 Å². The van der Waals surface area contributed by atoms with E-state index in [1.165, 1.54) is 4.31 Å². The predicted molar refractivity (Wildman–Crippen MR) is 127 cm³/mol. The van der Waals surface area contributed by atoms with E-state index in [1.54, 1.807) is 38.5 Å². The van der Waals surface area contributed by atoms with Gasteiger partial charge in [-0.3, -0.25) is 9.10 Å². The minimum absolute atomic E-state index is 0.209. The molecule has 3 aromatic carbocycles. The molecule has 7 nitrogen and oxygen atoms in total. The van der Waals surface area contributed by atoms with Crippen molar-refractivity contribution in [2.75, 3.05) is 31.6 Å². The molecule has 4 rings (SSSR count). The van der Waals surface area contributed by atoms with Crippen molar-refractivity contribution >= 4 is 21.6 Å². The fourth-order valence-corrected chi connectivity index (χ4v) is 5.63. The lowest BCUT2D eigenvalue weighted by atomic mass is 10.0. The van der Waals surface area contributed by atoms with Gasteiger partial charge >= 0.3 is 0 Å². The molecule has 1 heterocycles. The van der Waals surface area contributed by atoms with Crippen LogP contribution in [-0.2, 0) is 21.2 Å². The van der Waals surface area contributed by atoms with Crippen LogP contribution in [0, 0.1) is 6.92 Å². The lowest BCUT2D eigenvalue weighted by Gasteiger charge is -2.31. The number of anilines is 1. The minimum Gasteiger partial charge on any atom is -0.493 e. The summed E-state index contributed by atoms with van der Waals surface area (Å²) in [5.41, 5.74) is 3.95. The molecule has 3 aromatic rings. The Bertz CT molecular complexity index is 1300. The molecule has 0 aromatic heterocycles. The molecule has 8 heteroatoms. The average Bonchev–Trinajstić information content (AvgIpc) is 2.82. The van der Waals surface area contributed by atoms with Gasteiger partial charge in [0.15, 0.2) is 11.5 Å². The molecule has 0 fully saturated rings. The number of methoxy groups -OCH3 is 2. The van der Waals surface area contributed by atoms with Crippen LogP contribution in [0.3, 0.4) is 0 Å². The number of carbonyl (C=O) groups excluding carboxylic acids is 1. The van der Waals surface area contributed by atoms with E-state index < -0.39 is 10.0 Å². The summed E-state index contributed by atoms with van der Waals surface area (Å²) in [6.07, 6.45) is 0.567. The van der Waals surface area contributed by atoms with E-state index in [9.17, 15) is 13.2 Å². The Morgan fingerprint density at radius 3 is 2.45 bits per heavy atom. The summed E-state index contributed by atoms with van der Waals surface area (Å²) in [4.78, 5) is 12.9. The van der Waals surface area contributed by atoms with Crippen LogP contribution < -0.4 is 19.1 Å². The van der Waals surface area contributed by atoms with Gasteiger partial charge in [0.1, 0.15) is 6.54 Å². The number of benzene rings is 3. The third-order valence-corrected chi connectivity index (χ3v) is 7.45. The zero-order valence-corrected chi connectivity index (χ0v) is 19.6. The third kappa shape index (κ3) is 4.39. The number of hydrogen-bond acceptors (Lipinski definition) is 5. The molecule has 1 N–H and O–H groups in total. The predicted octanol–water partition coefficient (Wildman–Crippen LogP) is 3.55. The number of sulfonamides is 1. The van der Waals surface area contributed by atoms with Gasteiger partial charge in [-0.1, -0.05) is 35.9 Å². The Balaban J connectivity index is 1.50. The molecule has 1 aliphatic heterocycles. The van der Waals surface area contributed by atoms with Crippen LogP contribution in [0.2, 0.25) is 0 Å². The van der Waals surface area contributed by atoms with E-state index in [1.807, 2.05) is 43.3 Å². The molecular weight excluding hydrogens is 440 g/mol. The van der Waals surface area contributed by atoms with Gasteiger partial charge in [-0.2, -0.15) is 0 Å². The number of amides is 1. The van der Waals surface area contributed by atoms with E-state index in [0.717, 1.165) is 16.7 Å². The highest BCUT2D eigenvalue weighted by Crippen LogP contribution is 2.43. The summed E-state index contributed by atoms with van der Waals surface area (Å²) in [7, 11) is -0.713. The maximum absolute atomic E-state index is 13.3. The highest BCUT2D eigenvalue weighted by molar-refractivity contribution is 7.93. The molecular formula is C25H26N2O5S. The van der Waals surface area contributed by atoms with Crippen LogP contribution in [0.25, 0.3) is 11.1 Å². The molecule has 0 bridgehead atoms. The number of nitrogens with zero attached hydrogens (tertiary/aromatic N) is 1. The van der Waals surface area contributed by atoms with Crippen molar-refractivity contribution in [1.82, 2.24) is 5.32 Å². The third-order valence-electron chi connectivity index (χ3n) is 5.64. The van der Waals surface area contributed by atoms with E-state index in [-0.39, 0.29) is 17.3 Å². The molecule has 1 aliphatic rings. The highest BCUT2D eigenvalue weighted by atomic mass is 32.2. The molecule has 0 unspecified atom stereocenters. The summed E-state index contributed by atoms with van der Waals surface area (Å²) >= 11 is 0. The monoisotopic (exact) mass is 466 g/mol. The Hall–Kier alpha value is -3.52. The van der Waals surface area contributed by atoms with Crippen molar-refractivity contribution < 1.29 is 22.7 Å². The number of carbonyl (C=O) groups is 1. The van der Waals surface area contributed by atoms with Crippen molar-refractivity contribution in [3.63, 3.8) is 0 Å². The van der Waals surface area contributed by atoms with Crippen LogP contribution in [0.4, 0.5) is 5.69 Å². The number of ether oxygens (including phenoxy) is 2. The summed E-state index contributed by atoms with van der Waals surface area (Å²) < 4.78 is 38.4. The summed E-state index contributed by atoms with van der Waals surface area (Å²) in [5, 5.41) is 2.83. The highest BCUT2D eigenvalue weighted by Gasteiger charge is 2.35. The second-order valence-electron chi connectivity index (χ2n) is 7.82. The maximum atomic E-state index is 13.3. The van der Waals surface area contributed by atoms with Gasteiger partial charge in [-0.25, -0.2) is 8.42 Å². The van der Waals surface area contributed by atoms with Gasteiger partial charge in [-0.05, 0) is 49.2 Å². The number of hydrogen-bond donors (Lipinski definition) is 1. The van der Waals surface area contributed by atoms with Crippen molar-refractivity contribution in [3.8, 4) is 22.6 Å². The standard InChI is InChI=1S/C25H26N2O5S/c1-17-8-10-21-20(14-17)19-6-4-5-7-24(19)33(29,30)27(21)16-25(28)26-13-12-18-9-11-22(31-2)23(15-18)32-3/h4-11,14-15H,12-13,16H2,1-3H3,(H,26,28). The van der Waals surface area contributed by atoms with E-state index >= 15 is 0 Å². The lowest BCUT2D eigenvalue weighted by molar-refractivity contribution is -0.119. The zero-order valence-electron chi connectivity index (χ0n) is 18.8. The van der Waals surface area contributed by atoms with E-state index in [4.69, 9.17) is 9.47 Å². The van der Waals surface area contributed by atoms with Crippen molar-refractivity contribution in [2.24, 2.45) is 0 Å². The topological polar surface area (TPSA) is 84.9 Å². The van der Waals surface area contributed by atoms with Gasteiger partial charge < -0.3 is 14.8 Å². The minimum atomic E-state index is -3.86. The van der Waals surface area contributed by atoms with Crippen LogP contribution in [-0.4, -0.2) is 41.6 Å². The second-order valence-corrected chi connectivity index (χ2v) is 9.65. The van der Waals surface area contributed by atoms with Gasteiger partial charge in [0.25, 0.3) is 10.0 Å². The first-order chi connectivity index (χ1) is 15.8. The SMILES string of the molecule is COc1ccc(CCNC(=O)CN2c3ccc(C)cc3-c3ccccc3S2(=O)=O)cc1OC. The normalized spacial score (nSPS) is 13.6. The molecule has 0 radical (unpaired) electrons. The van der Waals surface area contributed by atoms with Gasteiger partial charge in [-0.15, -0.1) is 0 Å². The Morgan fingerprint density at radius 1 is 0.939 bits per heavy atom. The van der Waals surface area contributed by atoms with Gasteiger partial charge in [0.2, 0.25) is 5.91 Å². The molecule has 33 heavy (non-hydrogen) atoms. The van der Waals surface area contributed by atoms with Crippen molar-refractivity contribution in [3.05, 3.63) is 71.8 Å². The van der Waals surface area contributed by atoms with Crippen LogP contribution in [0.15, 0.2) is 65.6 Å².